The SMILES string of the molecule is CC[C@H](C)[C@H](NC(=O)[C@H](CC(C)C)NC(=O)C1CCCN1C(=O)[C@H](CC(C)C)NC(=O)[C@@H](N)Cc1ccccc1)C(=O)NCC(=O)N[C@@H](CCCN=C(N)N)C(=O)NC[C@H]1CCN([C@@H](CC(C)C)C(=O)N[C@@H](CC(C)C)C(N)=O)C(=O)CNC(=O)[C@H](CO)NC(=O)[C@H](CC(C)C)N1. The van der Waals surface area contributed by atoms with Gasteiger partial charge in [-0.25, -0.2) is 0 Å². The Morgan fingerprint density at radius 2 is 1.28 bits per heavy atom. The monoisotopic (exact) mass is 1370 g/mol. The molecule has 0 aromatic heterocycles. The molecule has 1 unspecified atom stereocenters. The summed E-state index contributed by atoms with van der Waals surface area (Å²) in [7, 11) is 0. The number of guanidine groups is 1. The highest BCUT2D eigenvalue weighted by atomic mass is 16.3. The van der Waals surface area contributed by atoms with Crippen LogP contribution in [0.3, 0.4) is 0 Å². The third-order valence-electron chi connectivity index (χ3n) is 16.9. The van der Waals surface area contributed by atoms with Crippen LogP contribution in [0.1, 0.15) is 159 Å². The van der Waals surface area contributed by atoms with E-state index in [0.29, 0.717) is 19.3 Å². The van der Waals surface area contributed by atoms with Crippen molar-refractivity contribution in [3.05, 3.63) is 35.9 Å². The number of aliphatic hydroxyl groups excluding tert-OH is 1. The van der Waals surface area contributed by atoms with Crippen molar-refractivity contribution in [2.24, 2.45) is 63.4 Å². The summed E-state index contributed by atoms with van der Waals surface area (Å²) in [6.45, 7) is 19.9. The van der Waals surface area contributed by atoms with Gasteiger partial charge in [0.15, 0.2) is 5.96 Å². The molecule has 0 radical (unpaired) electrons. The lowest BCUT2D eigenvalue weighted by molar-refractivity contribution is -0.142. The van der Waals surface area contributed by atoms with Gasteiger partial charge in [-0.15, -0.1) is 0 Å². The lowest BCUT2D eigenvalue weighted by atomic mass is 9.96. The Morgan fingerprint density at radius 1 is 0.660 bits per heavy atom. The fraction of sp³-hybridized carbons (Fsp3) is 0.716. The Labute approximate surface area is 572 Å². The Kier molecular flexibility index (Phi) is 36.0. The summed E-state index contributed by atoms with van der Waals surface area (Å²) in [4.78, 5) is 174. The van der Waals surface area contributed by atoms with Gasteiger partial charge >= 0.3 is 0 Å². The Balaban J connectivity index is 1.90. The number of likely N-dealkylation sites (tertiary alicyclic amines) is 1. The molecule has 12 atom stereocenters. The van der Waals surface area contributed by atoms with E-state index in [1.165, 1.54) is 9.80 Å². The lowest BCUT2D eigenvalue weighted by Crippen LogP contribution is -2.59. The van der Waals surface area contributed by atoms with Gasteiger partial charge in [0.25, 0.3) is 0 Å². The summed E-state index contributed by atoms with van der Waals surface area (Å²) >= 11 is 0. The average Bonchev–Trinajstić information content (AvgIpc) is 1.74. The average molecular weight is 1370 g/mol. The van der Waals surface area contributed by atoms with E-state index in [1.54, 1.807) is 13.8 Å². The predicted molar refractivity (Wildman–Crippen MR) is 367 cm³/mol. The van der Waals surface area contributed by atoms with Crippen molar-refractivity contribution in [3.63, 3.8) is 0 Å². The van der Waals surface area contributed by atoms with E-state index in [0.717, 1.165) is 5.56 Å². The zero-order valence-corrected chi connectivity index (χ0v) is 59.1. The van der Waals surface area contributed by atoms with Crippen molar-refractivity contribution in [2.45, 2.75) is 227 Å². The highest BCUT2D eigenvalue weighted by molar-refractivity contribution is 5.98. The summed E-state index contributed by atoms with van der Waals surface area (Å²) in [6.07, 6.45) is 2.51. The molecule has 19 N–H and O–H groups in total. The van der Waals surface area contributed by atoms with Gasteiger partial charge in [0.2, 0.25) is 70.9 Å². The summed E-state index contributed by atoms with van der Waals surface area (Å²) < 4.78 is 0. The van der Waals surface area contributed by atoms with Gasteiger partial charge in [0, 0.05) is 32.2 Å². The van der Waals surface area contributed by atoms with Crippen molar-refractivity contribution in [2.75, 3.05) is 45.9 Å². The summed E-state index contributed by atoms with van der Waals surface area (Å²) in [5.74, 6) is -9.37. The number of nitrogens with zero attached hydrogens (tertiary/aromatic N) is 3. The number of carbonyl (C=O) groups is 12. The lowest BCUT2D eigenvalue weighted by Gasteiger charge is -2.35. The molecular weight excluding hydrogens is 1250 g/mol. The summed E-state index contributed by atoms with van der Waals surface area (Å²) in [6, 6.07) is -2.96. The van der Waals surface area contributed by atoms with Crippen LogP contribution in [0.2, 0.25) is 0 Å². The Hall–Kier alpha value is -7.99. The molecule has 546 valence electrons. The maximum Gasteiger partial charge on any atom is 0.245 e. The van der Waals surface area contributed by atoms with Gasteiger partial charge in [0.05, 0.1) is 31.8 Å². The number of aliphatic imine (C=N–C) groups is 1. The van der Waals surface area contributed by atoms with E-state index in [4.69, 9.17) is 22.9 Å². The number of benzene rings is 1. The number of hydrogen-bond acceptors (Lipinski definition) is 16. The highest BCUT2D eigenvalue weighted by Gasteiger charge is 2.41. The van der Waals surface area contributed by atoms with Crippen LogP contribution < -0.4 is 76.1 Å². The van der Waals surface area contributed by atoms with E-state index in [-0.39, 0.29) is 120 Å². The van der Waals surface area contributed by atoms with Gasteiger partial charge in [-0.2, -0.15) is 0 Å². The van der Waals surface area contributed by atoms with Crippen molar-refractivity contribution >= 4 is 76.8 Å². The number of primary amides is 1. The standard InChI is InChI=1S/C67H115N17O13/c1-13-42(12)56(82-62(93)49(29-39(6)7)79-63(94)52-22-18-25-84(52)66(97)50(30-40(8)9)80-58(89)45(68)32-43-19-15-14-16-20-43)65(96)74-34-54(86)77-46(21-17-24-72-67(70)71)59(90)73-33-44-23-26-83(53(31-41(10)11)64(95)78-47(57(69)88)27-37(2)3)55(87)35-75-60(91)51(36-85)81-61(92)48(76-44)28-38(4)5/h14-16,19-20,37-42,44-53,56,76,85H,13,17-18,21-36,68H2,1-12H3,(H2,69,88)(H,73,90)(H,74,96)(H,75,91)(H,77,86)(H,78,95)(H,79,94)(H,80,89)(H,81,92)(H,82,93)(H4,70,71,72)/t42-,44+,45-,46-,47-,48-,49-,50-,51-,52?,53-,56-/m0/s1. The second kappa shape index (κ2) is 42.0. The van der Waals surface area contributed by atoms with E-state index < -0.39 is 163 Å². The van der Waals surface area contributed by atoms with Crippen LogP contribution in [-0.4, -0.2) is 204 Å². The third kappa shape index (κ3) is 29.3. The molecular formula is C67H115N17O13. The Morgan fingerprint density at radius 3 is 1.87 bits per heavy atom. The van der Waals surface area contributed by atoms with Crippen LogP contribution in [0.5, 0.6) is 0 Å². The summed E-state index contributed by atoms with van der Waals surface area (Å²) in [5.41, 5.74) is 24.1. The number of rotatable bonds is 37. The van der Waals surface area contributed by atoms with Crippen molar-refractivity contribution in [1.29, 1.82) is 0 Å². The van der Waals surface area contributed by atoms with E-state index >= 15 is 0 Å². The minimum absolute atomic E-state index is 0.0157. The van der Waals surface area contributed by atoms with Crippen molar-refractivity contribution in [3.8, 4) is 0 Å². The smallest absolute Gasteiger partial charge is 0.245 e. The quantitative estimate of drug-likeness (QED) is 0.0206. The van der Waals surface area contributed by atoms with E-state index in [9.17, 15) is 62.6 Å². The molecule has 2 heterocycles. The zero-order chi connectivity index (χ0) is 72.8. The van der Waals surface area contributed by atoms with Crippen LogP contribution in [0.15, 0.2) is 35.3 Å². The molecule has 2 aliphatic heterocycles. The zero-order valence-electron chi connectivity index (χ0n) is 59.1. The number of hydrogen-bond donors (Lipinski definition) is 15. The van der Waals surface area contributed by atoms with Crippen molar-refractivity contribution in [1.82, 2.24) is 63.0 Å². The number of amides is 12. The van der Waals surface area contributed by atoms with Gasteiger partial charge in [-0.05, 0) is 112 Å². The number of carbonyl (C=O) groups excluding carboxylic acids is 12. The first-order chi connectivity index (χ1) is 45.6. The molecule has 97 heavy (non-hydrogen) atoms. The van der Waals surface area contributed by atoms with Gasteiger partial charge in [-0.3, -0.25) is 62.5 Å². The van der Waals surface area contributed by atoms with Crippen molar-refractivity contribution < 1.29 is 62.6 Å². The van der Waals surface area contributed by atoms with Crippen LogP contribution in [0, 0.1) is 35.5 Å². The maximum atomic E-state index is 14.5. The van der Waals surface area contributed by atoms with Crippen LogP contribution in [-0.2, 0) is 64.0 Å². The fourth-order valence-corrected chi connectivity index (χ4v) is 11.7. The van der Waals surface area contributed by atoms with Crippen LogP contribution in [0.25, 0.3) is 0 Å². The first-order valence-electron chi connectivity index (χ1n) is 34.4. The van der Waals surface area contributed by atoms with Gasteiger partial charge < -0.3 is 91.0 Å². The minimum atomic E-state index is -1.48. The fourth-order valence-electron chi connectivity index (χ4n) is 11.7. The molecule has 1 aromatic rings. The molecule has 2 fully saturated rings. The first kappa shape index (κ1) is 83.2. The predicted octanol–water partition coefficient (Wildman–Crippen LogP) is -1.46. The topological polar surface area (TPSA) is 468 Å². The van der Waals surface area contributed by atoms with Crippen LogP contribution in [0.4, 0.5) is 0 Å². The molecule has 12 amide bonds. The first-order valence-corrected chi connectivity index (χ1v) is 34.4. The summed E-state index contributed by atoms with van der Waals surface area (Å²) in [5, 5.41) is 38.0. The molecule has 0 aliphatic carbocycles. The normalized spacial score (nSPS) is 19.7. The van der Waals surface area contributed by atoms with E-state index in [2.05, 4.69) is 58.2 Å². The van der Waals surface area contributed by atoms with Crippen LogP contribution >= 0.6 is 0 Å². The molecule has 2 saturated heterocycles. The second-order valence-electron chi connectivity index (χ2n) is 27.9. The number of nitrogens with one attached hydrogen (secondary N) is 10. The molecule has 30 nitrogen and oxygen atoms in total. The van der Waals surface area contributed by atoms with E-state index in [1.807, 2.05) is 99.6 Å². The molecule has 3 rings (SSSR count). The number of aliphatic hydroxyl groups is 1. The molecule has 2 aliphatic rings. The molecule has 0 bridgehead atoms. The Bertz CT molecular complexity index is 2800. The molecule has 30 heteroatoms. The third-order valence-corrected chi connectivity index (χ3v) is 16.9. The minimum Gasteiger partial charge on any atom is -0.394 e. The second-order valence-corrected chi connectivity index (χ2v) is 27.9. The number of nitrogens with two attached hydrogens (primary N) is 4. The molecule has 0 saturated carbocycles. The van der Waals surface area contributed by atoms with Gasteiger partial charge in [-0.1, -0.05) is 120 Å². The maximum absolute atomic E-state index is 14.5. The molecule has 1 aromatic carbocycles. The van der Waals surface area contributed by atoms with Gasteiger partial charge in [0.1, 0.15) is 48.3 Å². The highest BCUT2D eigenvalue weighted by Crippen LogP contribution is 2.23. The largest absolute Gasteiger partial charge is 0.394 e. The molecule has 0 spiro atoms.